The van der Waals surface area contributed by atoms with E-state index in [2.05, 4.69) is 47.9 Å². The second-order valence-electron chi connectivity index (χ2n) is 12.0. The zero-order chi connectivity index (χ0) is 21.8. The van der Waals surface area contributed by atoms with Crippen LogP contribution in [0.4, 0.5) is 0 Å². The van der Waals surface area contributed by atoms with Crippen molar-refractivity contribution >= 4 is 0 Å². The Hall–Kier alpha value is -0.360. The van der Waals surface area contributed by atoms with Crippen molar-refractivity contribution in [2.75, 3.05) is 0 Å². The third-order valence-corrected chi connectivity index (χ3v) is 9.86. The number of rotatable bonds is 0. The molecule has 7 aliphatic rings. The van der Waals surface area contributed by atoms with Crippen LogP contribution in [0.1, 0.15) is 77.0 Å². The number of hydrogen-bond acceptors (Lipinski definition) is 9. The minimum atomic E-state index is 0.389. The molecule has 186 valence electrons. The summed E-state index contributed by atoms with van der Waals surface area (Å²) in [6, 6.07) is 0. The van der Waals surface area contributed by atoms with Crippen molar-refractivity contribution in [1.29, 1.82) is 0 Å². The quantitative estimate of drug-likeness (QED) is 0.244. The molecule has 0 amide bonds. The number of nitrogens with one attached hydrogen (secondary N) is 9. The van der Waals surface area contributed by atoms with Gasteiger partial charge in [0.1, 0.15) is 0 Å². The lowest BCUT2D eigenvalue weighted by atomic mass is 9.84. The second-order valence-corrected chi connectivity index (χ2v) is 12.0. The molecule has 0 aromatic rings. The Morgan fingerprint density at radius 1 is 0.242 bits per heavy atom. The van der Waals surface area contributed by atoms with Crippen molar-refractivity contribution in [3.63, 3.8) is 0 Å². The van der Waals surface area contributed by atoms with E-state index in [1.165, 1.54) is 77.0 Å². The summed E-state index contributed by atoms with van der Waals surface area (Å²) in [6.07, 6.45) is 18.8. The molecule has 9 bridgehead atoms. The first-order valence-electron chi connectivity index (χ1n) is 14.1. The van der Waals surface area contributed by atoms with Crippen LogP contribution in [0.3, 0.4) is 0 Å². The summed E-state index contributed by atoms with van der Waals surface area (Å²) in [4.78, 5) is 0. The van der Waals surface area contributed by atoms with Crippen LogP contribution in [0.2, 0.25) is 0 Å². The van der Waals surface area contributed by atoms with E-state index in [-0.39, 0.29) is 0 Å². The Bertz CT molecular complexity index is 555. The van der Waals surface area contributed by atoms with E-state index in [0.29, 0.717) is 55.5 Å². The topological polar surface area (TPSA) is 108 Å². The minimum Gasteiger partial charge on any atom is -0.286 e. The summed E-state index contributed by atoms with van der Waals surface area (Å²) in [5.74, 6) is 2.27. The van der Waals surface area contributed by atoms with Crippen LogP contribution in [0.15, 0.2) is 0 Å². The van der Waals surface area contributed by atoms with Crippen molar-refractivity contribution in [3.8, 4) is 0 Å². The van der Waals surface area contributed by atoms with Crippen LogP contribution in [-0.2, 0) is 0 Å². The van der Waals surface area contributed by atoms with Crippen molar-refractivity contribution in [2.24, 2.45) is 17.8 Å². The van der Waals surface area contributed by atoms with Gasteiger partial charge < -0.3 is 0 Å². The van der Waals surface area contributed by atoms with E-state index < -0.39 is 0 Å². The molecule has 9 nitrogen and oxygen atoms in total. The average molecular weight is 460 g/mol. The van der Waals surface area contributed by atoms with Crippen molar-refractivity contribution in [2.45, 2.75) is 133 Å². The van der Waals surface area contributed by atoms with Gasteiger partial charge in [0.2, 0.25) is 0 Å². The summed E-state index contributed by atoms with van der Waals surface area (Å²) < 4.78 is 0. The minimum absolute atomic E-state index is 0.389. The molecular weight excluding hydrogens is 414 g/mol. The molecule has 0 spiro atoms. The Labute approximate surface area is 198 Å². The van der Waals surface area contributed by atoms with Crippen molar-refractivity contribution in [3.05, 3.63) is 0 Å². The number of hydrogen-bond donors (Lipinski definition) is 9. The molecule has 0 saturated carbocycles. The van der Waals surface area contributed by atoms with Gasteiger partial charge in [-0.3, -0.25) is 47.9 Å². The first kappa shape index (κ1) is 21.9. The summed E-state index contributed by atoms with van der Waals surface area (Å²) in [6.45, 7) is 0. The summed E-state index contributed by atoms with van der Waals surface area (Å²) in [5, 5.41) is 35.4. The standard InChI is InChI=1S/C24H45N9/c1-7-16-25-18-9-3-14-5-11-20(32-23(14)30-18)27-21-12-6-15-4-10-19(31-24(15)33-21)26-17-8-2-13(1)22(28-16)29-17/h13-33H,1-12H2. The molecule has 0 aliphatic carbocycles. The van der Waals surface area contributed by atoms with Gasteiger partial charge in [-0.25, -0.2) is 0 Å². The van der Waals surface area contributed by atoms with Gasteiger partial charge in [-0.1, -0.05) is 0 Å². The fourth-order valence-corrected chi connectivity index (χ4v) is 8.00. The smallest absolute Gasteiger partial charge is 0.0624 e. The van der Waals surface area contributed by atoms with E-state index in [0.717, 1.165) is 17.8 Å². The van der Waals surface area contributed by atoms with E-state index >= 15 is 0 Å². The highest BCUT2D eigenvalue weighted by Crippen LogP contribution is 2.32. The molecule has 6 unspecified atom stereocenters. The molecule has 9 heteroatoms. The van der Waals surface area contributed by atoms with Gasteiger partial charge in [0.25, 0.3) is 0 Å². The van der Waals surface area contributed by atoms with Gasteiger partial charge in [0, 0.05) is 0 Å². The van der Waals surface area contributed by atoms with Gasteiger partial charge in [0.15, 0.2) is 0 Å². The molecule has 0 radical (unpaired) electrons. The predicted molar refractivity (Wildman–Crippen MR) is 128 cm³/mol. The molecule has 0 aromatic carbocycles. The van der Waals surface area contributed by atoms with Gasteiger partial charge in [-0.15, -0.1) is 0 Å². The summed E-state index contributed by atoms with van der Waals surface area (Å²) >= 11 is 0. The monoisotopic (exact) mass is 459 g/mol. The summed E-state index contributed by atoms with van der Waals surface area (Å²) in [7, 11) is 0. The molecule has 7 heterocycles. The number of piperidine rings is 6. The van der Waals surface area contributed by atoms with Gasteiger partial charge in [-0.2, -0.15) is 0 Å². The van der Waals surface area contributed by atoms with Gasteiger partial charge in [-0.05, 0) is 94.8 Å². The lowest BCUT2D eigenvalue weighted by Crippen LogP contribution is -2.73. The maximum Gasteiger partial charge on any atom is 0.0624 e. The molecule has 0 aromatic heterocycles. The van der Waals surface area contributed by atoms with Crippen LogP contribution in [0, 0.1) is 17.8 Å². The van der Waals surface area contributed by atoms with Crippen molar-refractivity contribution < 1.29 is 0 Å². The average Bonchev–Trinajstić information content (AvgIpc) is 2.83. The Morgan fingerprint density at radius 3 is 0.667 bits per heavy atom. The maximum absolute atomic E-state index is 3.94. The molecule has 7 rings (SSSR count). The molecule has 7 aliphatic heterocycles. The van der Waals surface area contributed by atoms with Crippen LogP contribution in [0.25, 0.3) is 0 Å². The summed E-state index contributed by atoms with van der Waals surface area (Å²) in [5.41, 5.74) is 0. The SMILES string of the molecule is C1CC2CCC3NC4CCC5CCC(NC6CCC7CCC(NC1NC2N3)NC7N6)NC5N4. The highest BCUT2D eigenvalue weighted by atomic mass is 15.4. The normalized spacial score (nSPS) is 54.5. The van der Waals surface area contributed by atoms with Gasteiger partial charge in [0.05, 0.1) is 55.5 Å². The van der Waals surface area contributed by atoms with E-state index in [9.17, 15) is 0 Å². The molecule has 33 heavy (non-hydrogen) atoms. The molecule has 9 N–H and O–H groups in total. The molecule has 6 atom stereocenters. The van der Waals surface area contributed by atoms with Crippen LogP contribution < -0.4 is 47.9 Å². The third-order valence-electron chi connectivity index (χ3n) is 9.86. The Balaban J connectivity index is 1.10. The highest BCUT2D eigenvalue weighted by molar-refractivity contribution is 4.97. The first-order valence-corrected chi connectivity index (χ1v) is 14.1. The predicted octanol–water partition coefficient (Wildman–Crippen LogP) is -0.147. The molecule has 7 saturated heterocycles. The van der Waals surface area contributed by atoms with E-state index in [1.54, 1.807) is 0 Å². The fraction of sp³-hybridized carbons (Fsp3) is 1.00. The zero-order valence-corrected chi connectivity index (χ0v) is 19.9. The Morgan fingerprint density at radius 2 is 0.455 bits per heavy atom. The second kappa shape index (κ2) is 9.26. The molecular formula is C24H45N9. The molecule has 7 fully saturated rings. The lowest BCUT2D eigenvalue weighted by molar-refractivity contribution is 0.0499. The third kappa shape index (κ3) is 4.61. The van der Waals surface area contributed by atoms with Crippen molar-refractivity contribution in [1.82, 2.24) is 47.9 Å². The van der Waals surface area contributed by atoms with Gasteiger partial charge >= 0.3 is 0 Å². The Kier molecular flexibility index (Phi) is 6.14. The largest absolute Gasteiger partial charge is 0.286 e. The fourth-order valence-electron chi connectivity index (χ4n) is 8.00. The van der Waals surface area contributed by atoms with E-state index in [1.807, 2.05) is 0 Å². The maximum atomic E-state index is 3.94. The lowest BCUT2D eigenvalue weighted by Gasteiger charge is -2.50. The highest BCUT2D eigenvalue weighted by Gasteiger charge is 2.41. The van der Waals surface area contributed by atoms with Crippen LogP contribution in [0.5, 0.6) is 0 Å². The van der Waals surface area contributed by atoms with Crippen LogP contribution >= 0.6 is 0 Å². The van der Waals surface area contributed by atoms with E-state index in [4.69, 9.17) is 0 Å². The zero-order valence-electron chi connectivity index (χ0n) is 19.9. The number of fused-ring (bicyclic) bond motifs is 6. The first-order chi connectivity index (χ1) is 16.2. The van der Waals surface area contributed by atoms with Crippen LogP contribution in [-0.4, -0.2) is 55.5 Å².